The predicted octanol–water partition coefficient (Wildman–Crippen LogP) is 3.53. The lowest BCUT2D eigenvalue weighted by Gasteiger charge is -2.24. The molecule has 6 nitrogen and oxygen atoms in total. The van der Waals surface area contributed by atoms with E-state index in [-0.39, 0.29) is 29.6 Å². The van der Waals surface area contributed by atoms with Gasteiger partial charge in [0.25, 0.3) is 0 Å². The molecule has 0 aromatic heterocycles. The molecule has 3 rings (SSSR count). The molecule has 9 heteroatoms. The van der Waals surface area contributed by atoms with Crippen LogP contribution in [0.4, 0.5) is 18.9 Å². The lowest BCUT2D eigenvalue weighted by atomic mass is 9.94. The molecule has 29 heavy (non-hydrogen) atoms. The minimum absolute atomic E-state index is 0.0298. The van der Waals surface area contributed by atoms with Crippen LogP contribution >= 0.6 is 0 Å². The van der Waals surface area contributed by atoms with E-state index in [4.69, 9.17) is 5.73 Å². The highest BCUT2D eigenvalue weighted by molar-refractivity contribution is 5.92. The number of guanidine groups is 1. The molecule has 1 saturated heterocycles. The largest absolute Gasteiger partial charge is 0.573 e. The fraction of sp³-hybridized carbons (Fsp3) is 0.300. The fourth-order valence-electron chi connectivity index (χ4n) is 3.40. The van der Waals surface area contributed by atoms with E-state index in [1.54, 1.807) is 11.9 Å². The molecular weight excluding hydrogens is 385 g/mol. The van der Waals surface area contributed by atoms with Gasteiger partial charge in [0, 0.05) is 31.6 Å². The third-order valence-corrected chi connectivity index (χ3v) is 4.69. The summed E-state index contributed by atoms with van der Waals surface area (Å²) in [7, 11) is 1.77. The number of rotatable bonds is 5. The standard InChI is InChI=1S/C20H21F3N4O2/c1-27-17(28)11-14(18(27)13-5-3-2-4-6-13)12-25-19(24)26-15-7-9-16(10-8-15)29-20(21,22)23/h2-10,14,18H,11-12H2,1H3,(H3,24,25,26). The van der Waals surface area contributed by atoms with Crippen LogP contribution in [0.5, 0.6) is 5.75 Å². The van der Waals surface area contributed by atoms with Gasteiger partial charge in [-0.3, -0.25) is 9.79 Å². The number of carbonyl (C=O) groups excluding carboxylic acids is 1. The molecule has 2 unspecified atom stereocenters. The maximum atomic E-state index is 12.2. The maximum Gasteiger partial charge on any atom is 0.573 e. The molecule has 1 heterocycles. The van der Waals surface area contributed by atoms with Gasteiger partial charge in [-0.2, -0.15) is 0 Å². The number of amides is 1. The van der Waals surface area contributed by atoms with Crippen LogP contribution in [0.25, 0.3) is 0 Å². The van der Waals surface area contributed by atoms with E-state index in [1.807, 2.05) is 30.3 Å². The van der Waals surface area contributed by atoms with Gasteiger partial charge in [0.1, 0.15) is 5.75 Å². The smallest absolute Gasteiger partial charge is 0.406 e. The maximum absolute atomic E-state index is 12.2. The van der Waals surface area contributed by atoms with Gasteiger partial charge in [0.05, 0.1) is 6.04 Å². The van der Waals surface area contributed by atoms with Crippen molar-refractivity contribution in [2.24, 2.45) is 16.6 Å². The lowest BCUT2D eigenvalue weighted by Crippen LogP contribution is -2.27. The Morgan fingerprint density at radius 3 is 2.48 bits per heavy atom. The molecule has 1 aliphatic rings. The monoisotopic (exact) mass is 406 g/mol. The van der Waals surface area contributed by atoms with Crippen molar-refractivity contribution in [2.45, 2.75) is 18.8 Å². The van der Waals surface area contributed by atoms with Crippen molar-refractivity contribution in [1.29, 1.82) is 0 Å². The Balaban J connectivity index is 1.63. The van der Waals surface area contributed by atoms with Crippen molar-refractivity contribution in [3.05, 3.63) is 60.2 Å². The highest BCUT2D eigenvalue weighted by Gasteiger charge is 2.38. The fourth-order valence-corrected chi connectivity index (χ4v) is 3.40. The number of nitrogens with one attached hydrogen (secondary N) is 1. The second-order valence-corrected chi connectivity index (χ2v) is 6.75. The van der Waals surface area contributed by atoms with Crippen LogP contribution in [-0.2, 0) is 4.79 Å². The molecule has 0 bridgehead atoms. The molecule has 2 aromatic rings. The van der Waals surface area contributed by atoms with Crippen molar-refractivity contribution in [1.82, 2.24) is 4.90 Å². The van der Waals surface area contributed by atoms with Crippen LogP contribution in [0.15, 0.2) is 59.6 Å². The Hall–Kier alpha value is -3.23. The summed E-state index contributed by atoms with van der Waals surface area (Å²) in [5, 5.41) is 2.83. The van der Waals surface area contributed by atoms with Gasteiger partial charge in [-0.25, -0.2) is 0 Å². The van der Waals surface area contributed by atoms with E-state index in [9.17, 15) is 18.0 Å². The highest BCUT2D eigenvalue weighted by Crippen LogP contribution is 2.37. The van der Waals surface area contributed by atoms with Gasteiger partial charge >= 0.3 is 6.36 Å². The quantitative estimate of drug-likeness (QED) is 0.588. The first-order valence-electron chi connectivity index (χ1n) is 8.96. The van der Waals surface area contributed by atoms with Crippen LogP contribution in [0, 0.1) is 5.92 Å². The Labute approximate surface area is 166 Å². The minimum atomic E-state index is -4.74. The number of likely N-dealkylation sites (tertiary alicyclic amines) is 1. The first kappa shape index (κ1) is 20.5. The van der Waals surface area contributed by atoms with Gasteiger partial charge in [0.15, 0.2) is 5.96 Å². The Morgan fingerprint density at radius 2 is 1.86 bits per heavy atom. The molecule has 1 amide bonds. The minimum Gasteiger partial charge on any atom is -0.406 e. The molecule has 0 spiro atoms. The van der Waals surface area contributed by atoms with E-state index in [0.717, 1.165) is 5.56 Å². The van der Waals surface area contributed by atoms with E-state index in [2.05, 4.69) is 15.0 Å². The number of benzene rings is 2. The van der Waals surface area contributed by atoms with Gasteiger partial charge in [-0.05, 0) is 29.8 Å². The zero-order chi connectivity index (χ0) is 21.0. The molecule has 3 N–H and O–H groups in total. The number of nitrogens with zero attached hydrogens (tertiary/aromatic N) is 2. The van der Waals surface area contributed by atoms with Crippen molar-refractivity contribution in [3.63, 3.8) is 0 Å². The van der Waals surface area contributed by atoms with Crippen molar-refractivity contribution >= 4 is 17.6 Å². The molecule has 1 fully saturated rings. The Bertz CT molecular complexity index is 870. The summed E-state index contributed by atoms with van der Waals surface area (Å²) in [4.78, 5) is 18.2. The normalized spacial score (nSPS) is 20.1. The average molecular weight is 406 g/mol. The topological polar surface area (TPSA) is 80.0 Å². The zero-order valence-corrected chi connectivity index (χ0v) is 15.7. The predicted molar refractivity (Wildman–Crippen MR) is 103 cm³/mol. The molecule has 2 atom stereocenters. The molecule has 0 radical (unpaired) electrons. The van der Waals surface area contributed by atoms with E-state index < -0.39 is 6.36 Å². The zero-order valence-electron chi connectivity index (χ0n) is 15.7. The van der Waals surface area contributed by atoms with Gasteiger partial charge in [-0.15, -0.1) is 13.2 Å². The number of hydrogen-bond acceptors (Lipinski definition) is 3. The number of halogens is 3. The number of anilines is 1. The van der Waals surface area contributed by atoms with Gasteiger partial charge in [-0.1, -0.05) is 30.3 Å². The second kappa shape index (κ2) is 8.42. The first-order chi connectivity index (χ1) is 13.7. The molecule has 2 aromatic carbocycles. The van der Waals surface area contributed by atoms with Gasteiger partial charge in [0.2, 0.25) is 5.91 Å². The Kier molecular flexibility index (Phi) is 5.95. The number of alkyl halides is 3. The van der Waals surface area contributed by atoms with E-state index in [1.165, 1.54) is 24.3 Å². The average Bonchev–Trinajstić information content (AvgIpc) is 2.95. The Morgan fingerprint density at radius 1 is 1.21 bits per heavy atom. The summed E-state index contributed by atoms with van der Waals surface area (Å²) in [6, 6.07) is 14.8. The summed E-state index contributed by atoms with van der Waals surface area (Å²) >= 11 is 0. The number of ether oxygens (including phenoxy) is 1. The first-order valence-corrected chi connectivity index (χ1v) is 8.96. The number of hydrogen-bond donors (Lipinski definition) is 2. The summed E-state index contributed by atoms with van der Waals surface area (Å²) in [6.07, 6.45) is -4.37. The van der Waals surface area contributed by atoms with Crippen LogP contribution in [0.3, 0.4) is 0 Å². The van der Waals surface area contributed by atoms with Gasteiger partial charge < -0.3 is 20.7 Å². The van der Waals surface area contributed by atoms with Crippen LogP contribution in [-0.4, -0.2) is 36.7 Å². The third-order valence-electron chi connectivity index (χ3n) is 4.69. The van der Waals surface area contributed by atoms with Crippen LogP contribution < -0.4 is 15.8 Å². The lowest BCUT2D eigenvalue weighted by molar-refractivity contribution is -0.274. The van der Waals surface area contributed by atoms with Crippen molar-refractivity contribution in [3.8, 4) is 5.75 Å². The molecule has 0 aliphatic carbocycles. The summed E-state index contributed by atoms with van der Waals surface area (Å²) in [6.45, 7) is 0.337. The molecule has 154 valence electrons. The summed E-state index contributed by atoms with van der Waals surface area (Å²) < 4.78 is 40.4. The van der Waals surface area contributed by atoms with E-state index >= 15 is 0 Å². The number of aliphatic imine (C=N–C) groups is 1. The third kappa shape index (κ3) is 5.40. The SMILES string of the molecule is CN1C(=O)CC(CN=C(N)Nc2ccc(OC(F)(F)F)cc2)C1c1ccccc1. The van der Waals surface area contributed by atoms with Crippen LogP contribution in [0.1, 0.15) is 18.0 Å². The number of carbonyl (C=O) groups is 1. The van der Waals surface area contributed by atoms with Crippen LogP contribution in [0.2, 0.25) is 0 Å². The second-order valence-electron chi connectivity index (χ2n) is 6.75. The number of nitrogens with two attached hydrogens (primary N) is 1. The molecular formula is C20H21F3N4O2. The van der Waals surface area contributed by atoms with Crippen molar-refractivity contribution in [2.75, 3.05) is 18.9 Å². The van der Waals surface area contributed by atoms with Crippen molar-refractivity contribution < 1.29 is 22.7 Å². The molecule has 0 saturated carbocycles. The van der Waals surface area contributed by atoms with E-state index in [0.29, 0.717) is 18.7 Å². The summed E-state index contributed by atoms with van der Waals surface area (Å²) in [5.74, 6) is -0.191. The molecule has 1 aliphatic heterocycles. The highest BCUT2D eigenvalue weighted by atomic mass is 19.4. The summed E-state index contributed by atoms with van der Waals surface area (Å²) in [5.41, 5.74) is 7.41.